The Kier molecular flexibility index (Phi) is 4.68. The molecule has 23 heavy (non-hydrogen) atoms. The minimum absolute atomic E-state index is 0.170. The van der Waals surface area contributed by atoms with E-state index in [0.29, 0.717) is 12.4 Å². The van der Waals surface area contributed by atoms with Gasteiger partial charge in [0.05, 0.1) is 6.54 Å². The Labute approximate surface area is 137 Å². The van der Waals surface area contributed by atoms with Gasteiger partial charge in [-0.3, -0.25) is 4.79 Å². The van der Waals surface area contributed by atoms with Crippen LogP contribution in [-0.4, -0.2) is 15.9 Å². The van der Waals surface area contributed by atoms with E-state index in [-0.39, 0.29) is 18.2 Å². The number of amides is 1. The highest BCUT2D eigenvalue weighted by Gasteiger charge is 2.13. The molecule has 0 bridgehead atoms. The highest BCUT2D eigenvalue weighted by molar-refractivity contribution is 7.09. The van der Waals surface area contributed by atoms with Gasteiger partial charge in [-0.15, -0.1) is 11.3 Å². The van der Waals surface area contributed by atoms with Gasteiger partial charge in [-0.05, 0) is 19.1 Å². The summed E-state index contributed by atoms with van der Waals surface area (Å²) in [6, 6.07) is 9.34. The lowest BCUT2D eigenvalue weighted by Gasteiger charge is -2.02. The zero-order chi connectivity index (χ0) is 16.1. The molecule has 118 valence electrons. The summed E-state index contributed by atoms with van der Waals surface area (Å²) in [6.07, 6.45) is 1.33. The molecule has 2 heterocycles. The summed E-state index contributed by atoms with van der Waals surface area (Å²) in [5.74, 6) is 0.771. The summed E-state index contributed by atoms with van der Waals surface area (Å²) in [4.78, 5) is 20.4. The number of oxazole rings is 1. The van der Waals surface area contributed by atoms with Gasteiger partial charge in [-0.2, -0.15) is 0 Å². The van der Waals surface area contributed by atoms with Crippen molar-refractivity contribution < 1.29 is 13.9 Å². The Morgan fingerprint density at radius 3 is 2.87 bits per heavy atom. The zero-order valence-corrected chi connectivity index (χ0v) is 13.3. The van der Waals surface area contributed by atoms with Crippen LogP contribution in [0, 0.1) is 6.92 Å². The fraction of sp³-hybridized carbons (Fsp3) is 0.188. The second kappa shape index (κ2) is 7.06. The van der Waals surface area contributed by atoms with Crippen LogP contribution < -0.4 is 10.1 Å². The normalized spacial score (nSPS) is 10.5. The zero-order valence-electron chi connectivity index (χ0n) is 12.5. The molecule has 0 unspecified atom stereocenters. The number of thiazole rings is 1. The van der Waals surface area contributed by atoms with Crippen molar-refractivity contribution in [3.63, 3.8) is 0 Å². The van der Waals surface area contributed by atoms with Gasteiger partial charge in [-0.1, -0.05) is 18.2 Å². The smallest absolute Gasteiger partial charge is 0.273 e. The van der Waals surface area contributed by atoms with Gasteiger partial charge in [0.1, 0.15) is 17.0 Å². The summed E-state index contributed by atoms with van der Waals surface area (Å²) in [5.41, 5.74) is 1.17. The van der Waals surface area contributed by atoms with E-state index in [1.165, 1.54) is 17.6 Å². The third kappa shape index (κ3) is 4.17. The molecule has 0 aliphatic heterocycles. The molecule has 0 saturated carbocycles. The molecule has 0 saturated heterocycles. The predicted octanol–water partition coefficient (Wildman–Crippen LogP) is 2.95. The molecule has 0 spiro atoms. The molecule has 2 aromatic heterocycles. The molecule has 1 N–H and O–H groups in total. The van der Waals surface area contributed by atoms with Crippen molar-refractivity contribution in [1.82, 2.24) is 15.3 Å². The lowest BCUT2D eigenvalue weighted by molar-refractivity contribution is 0.0945. The van der Waals surface area contributed by atoms with E-state index in [9.17, 15) is 4.79 Å². The van der Waals surface area contributed by atoms with E-state index in [1.807, 2.05) is 42.6 Å². The number of aromatic nitrogens is 2. The number of hydrogen-bond donors (Lipinski definition) is 1. The lowest BCUT2D eigenvalue weighted by Crippen LogP contribution is -2.23. The van der Waals surface area contributed by atoms with Gasteiger partial charge < -0.3 is 14.5 Å². The number of para-hydroxylation sites is 1. The minimum atomic E-state index is -0.299. The molecule has 0 aliphatic rings. The molecule has 3 aromatic rings. The first-order valence-electron chi connectivity index (χ1n) is 7.02. The van der Waals surface area contributed by atoms with Gasteiger partial charge in [-0.25, -0.2) is 9.97 Å². The molecule has 1 amide bonds. The van der Waals surface area contributed by atoms with Crippen molar-refractivity contribution in [2.24, 2.45) is 0 Å². The van der Waals surface area contributed by atoms with Gasteiger partial charge in [0.25, 0.3) is 5.91 Å². The third-order valence-electron chi connectivity index (χ3n) is 2.96. The maximum atomic E-state index is 12.0. The van der Waals surface area contributed by atoms with E-state index >= 15 is 0 Å². The van der Waals surface area contributed by atoms with Crippen LogP contribution in [0.25, 0.3) is 0 Å². The third-order valence-corrected chi connectivity index (χ3v) is 3.92. The number of hydrogen-bond acceptors (Lipinski definition) is 6. The van der Waals surface area contributed by atoms with Crippen LogP contribution in [0.5, 0.6) is 5.75 Å². The largest absolute Gasteiger partial charge is 0.484 e. The fourth-order valence-corrected chi connectivity index (χ4v) is 2.59. The van der Waals surface area contributed by atoms with E-state index in [2.05, 4.69) is 15.3 Å². The second-order valence-electron chi connectivity index (χ2n) is 4.79. The molecule has 0 radical (unpaired) electrons. The molecule has 0 aliphatic carbocycles. The standard InChI is InChI=1S/C16H15N3O3S/c1-11-10-23-15(18-11)7-17-16(20)13-8-22-14(19-13)9-21-12-5-3-2-4-6-12/h2-6,8,10H,7,9H2,1H3,(H,17,20). The quantitative estimate of drug-likeness (QED) is 0.752. The van der Waals surface area contributed by atoms with Crippen molar-refractivity contribution in [3.05, 3.63) is 64.3 Å². The van der Waals surface area contributed by atoms with Crippen molar-refractivity contribution in [1.29, 1.82) is 0 Å². The number of carbonyl (C=O) groups excluding carboxylic acids is 1. The lowest BCUT2D eigenvalue weighted by atomic mass is 10.3. The number of rotatable bonds is 6. The van der Waals surface area contributed by atoms with Gasteiger partial charge in [0.15, 0.2) is 12.3 Å². The molecule has 6 nitrogen and oxygen atoms in total. The highest BCUT2D eigenvalue weighted by atomic mass is 32.1. The number of ether oxygens (including phenoxy) is 1. The van der Waals surface area contributed by atoms with E-state index in [4.69, 9.17) is 9.15 Å². The van der Waals surface area contributed by atoms with Gasteiger partial charge >= 0.3 is 0 Å². The molecule has 0 fully saturated rings. The number of nitrogens with zero attached hydrogens (tertiary/aromatic N) is 2. The monoisotopic (exact) mass is 329 g/mol. The highest BCUT2D eigenvalue weighted by Crippen LogP contribution is 2.12. The van der Waals surface area contributed by atoms with E-state index in [1.54, 1.807) is 0 Å². The molecule has 1 aromatic carbocycles. The van der Waals surface area contributed by atoms with Crippen LogP contribution in [-0.2, 0) is 13.2 Å². The van der Waals surface area contributed by atoms with E-state index in [0.717, 1.165) is 16.5 Å². The van der Waals surface area contributed by atoms with Crippen LogP contribution in [0.15, 0.2) is 46.4 Å². The van der Waals surface area contributed by atoms with Crippen molar-refractivity contribution >= 4 is 17.2 Å². The van der Waals surface area contributed by atoms with Crippen molar-refractivity contribution in [3.8, 4) is 5.75 Å². The van der Waals surface area contributed by atoms with Crippen LogP contribution in [0.1, 0.15) is 27.1 Å². The van der Waals surface area contributed by atoms with Crippen LogP contribution in [0.4, 0.5) is 0 Å². The SMILES string of the molecule is Cc1csc(CNC(=O)c2coc(COc3ccccc3)n2)n1. The van der Waals surface area contributed by atoms with Gasteiger partial charge in [0.2, 0.25) is 5.89 Å². The first-order valence-corrected chi connectivity index (χ1v) is 7.90. The summed E-state index contributed by atoms with van der Waals surface area (Å²) in [6.45, 7) is 2.46. The first-order chi connectivity index (χ1) is 11.2. The average molecular weight is 329 g/mol. The van der Waals surface area contributed by atoms with Crippen LogP contribution in [0.2, 0.25) is 0 Å². The number of benzene rings is 1. The number of aryl methyl sites for hydroxylation is 1. The number of carbonyl (C=O) groups is 1. The molecule has 0 atom stereocenters. The average Bonchev–Trinajstić information content (AvgIpc) is 3.21. The first kappa shape index (κ1) is 15.2. The maximum Gasteiger partial charge on any atom is 0.273 e. The Morgan fingerprint density at radius 2 is 2.13 bits per heavy atom. The van der Waals surface area contributed by atoms with Crippen molar-refractivity contribution in [2.45, 2.75) is 20.1 Å². The minimum Gasteiger partial charge on any atom is -0.484 e. The second-order valence-corrected chi connectivity index (χ2v) is 5.74. The van der Waals surface area contributed by atoms with Crippen molar-refractivity contribution in [2.75, 3.05) is 0 Å². The van der Waals surface area contributed by atoms with Gasteiger partial charge in [0, 0.05) is 11.1 Å². The van der Waals surface area contributed by atoms with Crippen LogP contribution >= 0.6 is 11.3 Å². The maximum absolute atomic E-state index is 12.0. The summed E-state index contributed by atoms with van der Waals surface area (Å²) >= 11 is 1.51. The molecular formula is C16H15N3O3S. The van der Waals surface area contributed by atoms with Crippen LogP contribution in [0.3, 0.4) is 0 Å². The fourth-order valence-electron chi connectivity index (χ4n) is 1.87. The summed E-state index contributed by atoms with van der Waals surface area (Å²) in [7, 11) is 0. The number of nitrogens with one attached hydrogen (secondary N) is 1. The Bertz CT molecular complexity index is 783. The molecular weight excluding hydrogens is 314 g/mol. The summed E-state index contributed by atoms with van der Waals surface area (Å²) in [5, 5.41) is 5.56. The Hall–Kier alpha value is -2.67. The Morgan fingerprint density at radius 1 is 1.30 bits per heavy atom. The molecule has 3 rings (SSSR count). The Balaban J connectivity index is 1.52. The topological polar surface area (TPSA) is 77.2 Å². The predicted molar refractivity (Wildman–Crippen MR) is 85.3 cm³/mol. The van der Waals surface area contributed by atoms with E-state index < -0.39 is 0 Å². The summed E-state index contributed by atoms with van der Waals surface area (Å²) < 4.78 is 10.8. The molecule has 7 heteroatoms.